The summed E-state index contributed by atoms with van der Waals surface area (Å²) in [6.07, 6.45) is 3.93. The summed E-state index contributed by atoms with van der Waals surface area (Å²) in [5.41, 5.74) is 0.980. The molecule has 0 aliphatic heterocycles. The molecule has 6 heteroatoms. The predicted molar refractivity (Wildman–Crippen MR) is 91.1 cm³/mol. The van der Waals surface area contributed by atoms with Gasteiger partial charge in [-0.15, -0.1) is 10.2 Å². The summed E-state index contributed by atoms with van der Waals surface area (Å²) in [6, 6.07) is 7.88. The molecule has 0 saturated heterocycles. The van der Waals surface area contributed by atoms with Crippen LogP contribution >= 0.6 is 11.8 Å². The molecule has 0 saturated carbocycles. The first kappa shape index (κ1) is 16.5. The van der Waals surface area contributed by atoms with E-state index in [0.717, 1.165) is 22.3 Å². The van der Waals surface area contributed by atoms with Crippen LogP contribution in [0.5, 0.6) is 5.75 Å². The monoisotopic (exact) mass is 318 g/mol. The van der Waals surface area contributed by atoms with Crippen LogP contribution in [0.25, 0.3) is 0 Å². The van der Waals surface area contributed by atoms with Crippen molar-refractivity contribution >= 4 is 18.0 Å². The number of hydrogen-bond donors (Lipinski definition) is 0. The number of aromatic nitrogens is 3. The molecule has 0 aliphatic rings. The molecule has 0 unspecified atom stereocenters. The van der Waals surface area contributed by atoms with Gasteiger partial charge in [-0.1, -0.05) is 37.7 Å². The zero-order chi connectivity index (χ0) is 16.1. The molecular weight excluding hydrogens is 296 g/mol. The lowest BCUT2D eigenvalue weighted by Crippen LogP contribution is -2.05. The fourth-order valence-electron chi connectivity index (χ4n) is 1.94. The highest BCUT2D eigenvalue weighted by Gasteiger charge is 2.13. The Morgan fingerprint density at radius 1 is 1.23 bits per heavy atom. The summed E-state index contributed by atoms with van der Waals surface area (Å²) in [4.78, 5) is 0. The van der Waals surface area contributed by atoms with E-state index in [0.29, 0.717) is 0 Å². The van der Waals surface area contributed by atoms with Crippen LogP contribution in [0.15, 0.2) is 34.5 Å². The zero-order valence-corrected chi connectivity index (χ0v) is 14.5. The van der Waals surface area contributed by atoms with Gasteiger partial charge in [-0.05, 0) is 37.8 Å². The molecule has 0 amide bonds. The third-order valence-corrected chi connectivity index (χ3v) is 3.51. The van der Waals surface area contributed by atoms with E-state index >= 15 is 0 Å². The van der Waals surface area contributed by atoms with E-state index < -0.39 is 0 Å². The molecular formula is C16H22N4OS. The van der Waals surface area contributed by atoms with Gasteiger partial charge in [0.15, 0.2) is 5.82 Å². The van der Waals surface area contributed by atoms with E-state index in [-0.39, 0.29) is 12.0 Å². The van der Waals surface area contributed by atoms with E-state index in [4.69, 9.17) is 4.74 Å². The van der Waals surface area contributed by atoms with Crippen molar-refractivity contribution in [2.24, 2.45) is 5.10 Å². The Kier molecular flexibility index (Phi) is 5.60. The summed E-state index contributed by atoms with van der Waals surface area (Å²) in [6.45, 7) is 8.18. The van der Waals surface area contributed by atoms with E-state index in [9.17, 15) is 0 Å². The Hall–Kier alpha value is -1.82. The molecule has 0 aliphatic carbocycles. The number of thioether (sulfide) groups is 1. The van der Waals surface area contributed by atoms with Crippen molar-refractivity contribution in [1.82, 2.24) is 14.9 Å². The second-order valence-electron chi connectivity index (χ2n) is 5.50. The minimum Gasteiger partial charge on any atom is -0.491 e. The third kappa shape index (κ3) is 4.10. The van der Waals surface area contributed by atoms with Crippen LogP contribution in [0.1, 0.15) is 45.0 Å². The summed E-state index contributed by atoms with van der Waals surface area (Å²) < 4.78 is 7.50. The maximum Gasteiger partial charge on any atom is 0.211 e. The van der Waals surface area contributed by atoms with Crippen LogP contribution in [0, 0.1) is 0 Å². The summed E-state index contributed by atoms with van der Waals surface area (Å²) in [5, 5.41) is 13.7. The molecule has 2 aromatic rings. The number of ether oxygens (including phenoxy) is 1. The van der Waals surface area contributed by atoms with Crippen molar-refractivity contribution in [2.45, 2.75) is 44.9 Å². The van der Waals surface area contributed by atoms with Crippen LogP contribution in [-0.2, 0) is 0 Å². The highest BCUT2D eigenvalue weighted by molar-refractivity contribution is 7.98. The van der Waals surface area contributed by atoms with Crippen molar-refractivity contribution < 1.29 is 4.74 Å². The first-order valence-corrected chi connectivity index (χ1v) is 8.54. The number of nitrogens with zero attached hydrogens (tertiary/aromatic N) is 4. The van der Waals surface area contributed by atoms with E-state index in [2.05, 4.69) is 29.1 Å². The number of hydrogen-bond acceptors (Lipinski definition) is 5. The molecule has 5 nitrogen and oxygen atoms in total. The Bertz CT molecular complexity index is 649. The molecule has 0 atom stereocenters. The minimum absolute atomic E-state index is 0.153. The van der Waals surface area contributed by atoms with E-state index in [1.165, 1.54) is 11.8 Å². The van der Waals surface area contributed by atoms with E-state index in [1.54, 1.807) is 4.68 Å². The molecule has 0 spiro atoms. The van der Waals surface area contributed by atoms with Gasteiger partial charge in [0.2, 0.25) is 5.16 Å². The number of benzene rings is 1. The number of rotatable bonds is 6. The molecule has 1 heterocycles. The van der Waals surface area contributed by atoms with Crippen LogP contribution in [0.2, 0.25) is 0 Å². The Morgan fingerprint density at radius 3 is 2.64 bits per heavy atom. The van der Waals surface area contributed by atoms with Crippen LogP contribution in [-0.4, -0.2) is 33.4 Å². The maximum atomic E-state index is 5.70. The first-order valence-electron chi connectivity index (χ1n) is 7.31. The van der Waals surface area contributed by atoms with Crippen LogP contribution < -0.4 is 4.74 Å². The third-order valence-electron chi connectivity index (χ3n) is 2.89. The lowest BCUT2D eigenvalue weighted by molar-refractivity contribution is 0.242. The molecule has 2 rings (SSSR count). The lowest BCUT2D eigenvalue weighted by Gasteiger charge is -2.09. The summed E-state index contributed by atoms with van der Waals surface area (Å²) in [5.74, 6) is 1.97. The molecule has 0 radical (unpaired) electrons. The van der Waals surface area contributed by atoms with Crippen molar-refractivity contribution in [1.29, 1.82) is 0 Å². The zero-order valence-electron chi connectivity index (χ0n) is 13.6. The average molecular weight is 318 g/mol. The molecule has 0 N–H and O–H groups in total. The lowest BCUT2D eigenvalue weighted by atomic mass is 10.2. The fourth-order valence-corrected chi connectivity index (χ4v) is 2.37. The largest absolute Gasteiger partial charge is 0.491 e. The first-order chi connectivity index (χ1) is 10.5. The molecule has 0 bridgehead atoms. The topological polar surface area (TPSA) is 52.3 Å². The average Bonchev–Trinajstić information content (AvgIpc) is 2.88. The van der Waals surface area contributed by atoms with Crippen molar-refractivity contribution in [3.63, 3.8) is 0 Å². The van der Waals surface area contributed by atoms with Crippen LogP contribution in [0.4, 0.5) is 0 Å². The normalized spacial score (nSPS) is 11.8. The molecule has 22 heavy (non-hydrogen) atoms. The maximum absolute atomic E-state index is 5.70. The van der Waals surface area contributed by atoms with Gasteiger partial charge in [0.05, 0.1) is 12.3 Å². The van der Waals surface area contributed by atoms with Gasteiger partial charge >= 0.3 is 0 Å². The van der Waals surface area contributed by atoms with E-state index in [1.807, 2.05) is 50.6 Å². The highest BCUT2D eigenvalue weighted by atomic mass is 32.2. The van der Waals surface area contributed by atoms with Crippen molar-refractivity contribution in [3.05, 3.63) is 35.7 Å². The van der Waals surface area contributed by atoms with Gasteiger partial charge < -0.3 is 4.74 Å². The second-order valence-corrected chi connectivity index (χ2v) is 6.27. The molecule has 1 aromatic heterocycles. The second kappa shape index (κ2) is 7.45. The van der Waals surface area contributed by atoms with Gasteiger partial charge in [-0.25, -0.2) is 0 Å². The van der Waals surface area contributed by atoms with Crippen molar-refractivity contribution in [3.8, 4) is 5.75 Å². The van der Waals surface area contributed by atoms with Crippen molar-refractivity contribution in [2.75, 3.05) is 6.26 Å². The molecule has 1 aromatic carbocycles. The Balaban J connectivity index is 2.27. The summed E-state index contributed by atoms with van der Waals surface area (Å²) in [7, 11) is 0. The van der Waals surface area contributed by atoms with Gasteiger partial charge in [-0.3, -0.25) is 0 Å². The van der Waals surface area contributed by atoms with Gasteiger partial charge in [0, 0.05) is 5.92 Å². The predicted octanol–water partition coefficient (Wildman–Crippen LogP) is 3.79. The standard InChI is InChI=1S/C16H22N4OS/c1-11(2)15-18-19-16(22-5)20(15)17-10-13-7-6-8-14(9-13)21-12(3)4/h6-12H,1-5H3/b17-10-. The summed E-state index contributed by atoms with van der Waals surface area (Å²) >= 11 is 1.53. The minimum atomic E-state index is 0.153. The quantitative estimate of drug-likeness (QED) is 0.600. The smallest absolute Gasteiger partial charge is 0.211 e. The van der Waals surface area contributed by atoms with Gasteiger partial charge in [0.25, 0.3) is 0 Å². The Labute approximate surface area is 135 Å². The molecule has 118 valence electrons. The SMILES string of the molecule is CSc1nnc(C(C)C)n1/N=C\c1cccc(OC(C)C)c1. The van der Waals surface area contributed by atoms with Gasteiger partial charge in [-0.2, -0.15) is 9.78 Å². The highest BCUT2D eigenvalue weighted by Crippen LogP contribution is 2.19. The van der Waals surface area contributed by atoms with Crippen LogP contribution in [0.3, 0.4) is 0 Å². The molecule has 0 fully saturated rings. The fraction of sp³-hybridized carbons (Fsp3) is 0.438. The van der Waals surface area contributed by atoms with Gasteiger partial charge in [0.1, 0.15) is 5.75 Å². The Morgan fingerprint density at radius 2 is 2.00 bits per heavy atom.